The van der Waals surface area contributed by atoms with E-state index in [4.69, 9.17) is 18.9 Å². The number of aliphatic hydroxyl groups excluding tert-OH is 3. The van der Waals surface area contributed by atoms with Crippen molar-refractivity contribution in [2.45, 2.75) is 37.1 Å². The van der Waals surface area contributed by atoms with E-state index >= 15 is 0 Å². The van der Waals surface area contributed by atoms with Gasteiger partial charge in [-0.15, -0.1) is 0 Å². The second-order valence-corrected chi connectivity index (χ2v) is 9.56. The zero-order valence-electron chi connectivity index (χ0n) is 21.1. The van der Waals surface area contributed by atoms with Crippen LogP contribution in [0.3, 0.4) is 0 Å². The second kappa shape index (κ2) is 10.5. The van der Waals surface area contributed by atoms with Gasteiger partial charge < -0.3 is 49.4 Å². The summed E-state index contributed by atoms with van der Waals surface area (Å²) in [6, 6.07) is 7.74. The van der Waals surface area contributed by atoms with E-state index in [-0.39, 0.29) is 29.0 Å². The monoisotopic (exact) mass is 532 g/mol. The van der Waals surface area contributed by atoms with Crippen molar-refractivity contribution < 1.29 is 49.3 Å². The Bertz CT molecular complexity index is 1200. The zero-order valence-corrected chi connectivity index (χ0v) is 21.1. The minimum absolute atomic E-state index is 0.0204. The van der Waals surface area contributed by atoms with Crippen LogP contribution in [0, 0.1) is 0 Å². The van der Waals surface area contributed by atoms with Gasteiger partial charge in [0.25, 0.3) is 0 Å². The van der Waals surface area contributed by atoms with Gasteiger partial charge in [-0.2, -0.15) is 0 Å². The van der Waals surface area contributed by atoms with Crippen LogP contribution in [0.1, 0.15) is 27.6 Å². The van der Waals surface area contributed by atoms with Crippen molar-refractivity contribution in [1.82, 2.24) is 4.90 Å². The van der Waals surface area contributed by atoms with Crippen molar-refractivity contribution in [3.8, 4) is 23.0 Å². The largest absolute Gasteiger partial charge is 0.504 e. The quantitative estimate of drug-likeness (QED) is 0.320. The summed E-state index contributed by atoms with van der Waals surface area (Å²) in [5.41, 5.74) is 1.06. The number of nitrogens with zero attached hydrogens (tertiary/aromatic N) is 2. The predicted octanol–water partition coefficient (Wildman–Crippen LogP) is 0.130. The number of para-hydroxylation sites is 2. The Labute approximate surface area is 219 Å². The van der Waals surface area contributed by atoms with E-state index in [9.17, 15) is 30.3 Å². The molecule has 3 heterocycles. The molecule has 0 spiro atoms. The van der Waals surface area contributed by atoms with Gasteiger partial charge in [-0.3, -0.25) is 4.90 Å². The molecule has 0 saturated carbocycles. The predicted molar refractivity (Wildman–Crippen MR) is 133 cm³/mol. The van der Waals surface area contributed by atoms with Crippen LogP contribution in [-0.2, 0) is 16.0 Å². The van der Waals surface area contributed by atoms with Crippen LogP contribution in [-0.4, -0.2) is 108 Å². The number of esters is 1. The van der Waals surface area contributed by atoms with Crippen molar-refractivity contribution >= 4 is 11.7 Å². The Morgan fingerprint density at radius 3 is 2.37 bits per heavy atom. The molecule has 0 aliphatic carbocycles. The molecule has 2 saturated heterocycles. The first-order valence-electron chi connectivity index (χ1n) is 12.4. The lowest BCUT2D eigenvalue weighted by Gasteiger charge is -2.45. The lowest BCUT2D eigenvalue weighted by Crippen LogP contribution is -2.58. The van der Waals surface area contributed by atoms with Crippen molar-refractivity contribution in [3.05, 3.63) is 41.0 Å². The highest BCUT2D eigenvalue weighted by Gasteiger charge is 2.53. The Morgan fingerprint density at radius 1 is 1.00 bits per heavy atom. The molecule has 5 rings (SSSR count). The highest BCUT2D eigenvalue weighted by molar-refractivity contribution is 5.97. The summed E-state index contributed by atoms with van der Waals surface area (Å²) in [4.78, 5) is 17.4. The van der Waals surface area contributed by atoms with Gasteiger partial charge in [-0.05, 0) is 12.1 Å². The molecule has 0 amide bonds. The van der Waals surface area contributed by atoms with Gasteiger partial charge in [-0.25, -0.2) is 4.79 Å². The molecule has 3 aliphatic rings. The lowest BCUT2D eigenvalue weighted by molar-refractivity contribution is -0.235. The molecule has 2 aromatic rings. The number of fused-ring (bicyclic) bond motifs is 3. The topological polar surface area (TPSA) is 162 Å². The number of phenolic OH excluding ortho intramolecular Hbond substituents is 2. The van der Waals surface area contributed by atoms with E-state index < -0.39 is 54.6 Å². The van der Waals surface area contributed by atoms with Gasteiger partial charge in [-0.1, -0.05) is 12.1 Å². The molecule has 2 aromatic carbocycles. The first kappa shape index (κ1) is 26.3. The number of piperazine rings is 1. The van der Waals surface area contributed by atoms with Crippen molar-refractivity contribution in [3.63, 3.8) is 0 Å². The van der Waals surface area contributed by atoms with Gasteiger partial charge in [0.05, 0.1) is 32.1 Å². The van der Waals surface area contributed by atoms with Crippen LogP contribution in [0.4, 0.5) is 5.69 Å². The Morgan fingerprint density at radius 2 is 1.71 bits per heavy atom. The molecule has 2 fully saturated rings. The summed E-state index contributed by atoms with van der Waals surface area (Å²) < 4.78 is 22.0. The standard InChI is InChI=1S/C26H32N2O10/c1-35-15-6-4-3-5-14(15)28-9-7-27(8-10-28)11-13-17-18(21(32)24(36-2)19(13)30)23-25(38-26(17)34)22(33)20(31)16(12-29)37-23/h3-6,16,20,22-23,25,29-33H,7-12H2,1-2H3/t16-,20-,22+,23?,25?/m1/s1. The number of hydrogen-bond acceptors (Lipinski definition) is 12. The fraction of sp³-hybridized carbons (Fsp3) is 0.500. The summed E-state index contributed by atoms with van der Waals surface area (Å²) >= 11 is 0. The van der Waals surface area contributed by atoms with Gasteiger partial charge in [0.1, 0.15) is 30.2 Å². The molecule has 12 heteroatoms. The highest BCUT2D eigenvalue weighted by atomic mass is 16.6. The number of methoxy groups -OCH3 is 2. The number of carbonyl (C=O) groups is 1. The average Bonchev–Trinajstić information content (AvgIpc) is 2.93. The number of phenols is 2. The molecule has 206 valence electrons. The SMILES string of the molecule is COc1ccccc1N1CCN(Cc2c(O)c(OC)c(O)c3c2C(=O)OC2C3O[C@H](CO)[C@@H](O)[C@@H]2O)CC1. The first-order valence-corrected chi connectivity index (χ1v) is 12.4. The van der Waals surface area contributed by atoms with E-state index in [1.807, 2.05) is 29.2 Å². The molecule has 2 unspecified atom stereocenters. The number of aliphatic hydroxyl groups is 3. The molecule has 0 bridgehead atoms. The first-order chi connectivity index (χ1) is 18.3. The molecule has 5 atom stereocenters. The number of anilines is 1. The summed E-state index contributed by atoms with van der Waals surface area (Å²) in [6.45, 7) is 2.07. The fourth-order valence-electron chi connectivity index (χ4n) is 5.53. The van der Waals surface area contributed by atoms with Crippen LogP contribution in [0.5, 0.6) is 23.0 Å². The van der Waals surface area contributed by atoms with Crippen molar-refractivity contribution in [2.75, 3.05) is 51.9 Å². The third-order valence-electron chi connectivity index (χ3n) is 7.53. The number of ether oxygens (including phenoxy) is 4. The van der Waals surface area contributed by atoms with E-state index in [2.05, 4.69) is 4.90 Å². The van der Waals surface area contributed by atoms with Gasteiger partial charge in [0.15, 0.2) is 17.6 Å². The summed E-state index contributed by atoms with van der Waals surface area (Å²) in [5.74, 6) is -1.29. The number of benzene rings is 2. The van der Waals surface area contributed by atoms with Gasteiger partial charge in [0.2, 0.25) is 5.75 Å². The van der Waals surface area contributed by atoms with Gasteiger partial charge in [0, 0.05) is 43.9 Å². The molecule has 5 N–H and O–H groups in total. The van der Waals surface area contributed by atoms with Crippen LogP contribution in [0.2, 0.25) is 0 Å². The second-order valence-electron chi connectivity index (χ2n) is 9.56. The Balaban J connectivity index is 1.46. The van der Waals surface area contributed by atoms with E-state index in [0.717, 1.165) is 11.4 Å². The fourth-order valence-corrected chi connectivity index (χ4v) is 5.53. The van der Waals surface area contributed by atoms with Crippen LogP contribution in [0.15, 0.2) is 24.3 Å². The summed E-state index contributed by atoms with van der Waals surface area (Å²) in [7, 11) is 2.90. The smallest absolute Gasteiger partial charge is 0.339 e. The molecule has 0 aromatic heterocycles. The van der Waals surface area contributed by atoms with Crippen molar-refractivity contribution in [2.24, 2.45) is 0 Å². The number of rotatable bonds is 6. The molecule has 38 heavy (non-hydrogen) atoms. The zero-order chi connectivity index (χ0) is 27.1. The number of aromatic hydroxyl groups is 2. The molecule has 0 radical (unpaired) electrons. The normalized spacial score (nSPS) is 27.3. The molecular formula is C26H32N2O10. The third-order valence-corrected chi connectivity index (χ3v) is 7.53. The number of hydrogen-bond donors (Lipinski definition) is 5. The maximum absolute atomic E-state index is 13.2. The summed E-state index contributed by atoms with van der Waals surface area (Å²) in [5, 5.41) is 52.5. The Kier molecular flexibility index (Phi) is 7.25. The van der Waals surface area contributed by atoms with Crippen LogP contribution < -0.4 is 14.4 Å². The third kappa shape index (κ3) is 4.28. The van der Waals surface area contributed by atoms with Crippen LogP contribution in [0.25, 0.3) is 0 Å². The van der Waals surface area contributed by atoms with Gasteiger partial charge >= 0.3 is 5.97 Å². The molecular weight excluding hydrogens is 500 g/mol. The molecule has 12 nitrogen and oxygen atoms in total. The van der Waals surface area contributed by atoms with E-state index in [1.165, 1.54) is 7.11 Å². The minimum Gasteiger partial charge on any atom is -0.504 e. The minimum atomic E-state index is -1.56. The molecule has 3 aliphatic heterocycles. The van der Waals surface area contributed by atoms with E-state index in [0.29, 0.717) is 26.2 Å². The average molecular weight is 533 g/mol. The lowest BCUT2D eigenvalue weighted by atomic mass is 9.84. The van der Waals surface area contributed by atoms with Crippen LogP contribution >= 0.6 is 0 Å². The summed E-state index contributed by atoms with van der Waals surface area (Å²) in [6.07, 6.45) is -6.77. The Hall–Kier alpha value is -3.29. The van der Waals surface area contributed by atoms with Crippen molar-refractivity contribution in [1.29, 1.82) is 0 Å². The van der Waals surface area contributed by atoms with E-state index in [1.54, 1.807) is 7.11 Å². The highest BCUT2D eigenvalue weighted by Crippen LogP contribution is 2.52. The maximum atomic E-state index is 13.2. The maximum Gasteiger partial charge on any atom is 0.339 e. The number of carbonyl (C=O) groups excluding carboxylic acids is 1.